The molecule has 1 unspecified atom stereocenters. The van der Waals surface area contributed by atoms with Crippen LogP contribution in [0.3, 0.4) is 0 Å². The van der Waals surface area contributed by atoms with Gasteiger partial charge in [-0.3, -0.25) is 4.79 Å². The van der Waals surface area contributed by atoms with Crippen molar-refractivity contribution in [3.05, 3.63) is 33.8 Å². The Morgan fingerprint density at radius 3 is 2.52 bits per heavy atom. The van der Waals surface area contributed by atoms with Gasteiger partial charge in [0.1, 0.15) is 0 Å². The molecule has 0 aliphatic heterocycles. The number of nitrogens with one attached hydrogen (secondary N) is 2. The van der Waals surface area contributed by atoms with Gasteiger partial charge in [0.15, 0.2) is 0 Å². The van der Waals surface area contributed by atoms with Crippen molar-refractivity contribution in [2.75, 3.05) is 33.4 Å². The number of benzene rings is 1. The molecule has 120 valence electrons. The summed E-state index contributed by atoms with van der Waals surface area (Å²) >= 11 is 12.3. The second-order valence-electron chi connectivity index (χ2n) is 4.51. The van der Waals surface area contributed by atoms with E-state index in [-0.39, 0.29) is 30.8 Å². The zero-order valence-corrected chi connectivity index (χ0v) is 14.4. The van der Waals surface area contributed by atoms with Crippen LogP contribution >= 0.6 is 35.6 Å². The molecular formula is C14H21Cl3N2O2. The summed E-state index contributed by atoms with van der Waals surface area (Å²) in [6.45, 7) is 3.97. The first-order valence-electron chi connectivity index (χ1n) is 6.46. The van der Waals surface area contributed by atoms with Crippen LogP contribution in [0.5, 0.6) is 0 Å². The maximum Gasteiger partial charge on any atom is 0.233 e. The molecule has 1 amide bonds. The lowest BCUT2D eigenvalue weighted by Gasteiger charge is -2.16. The van der Waals surface area contributed by atoms with Gasteiger partial charge in [0, 0.05) is 36.2 Å². The molecule has 4 nitrogen and oxygen atoms in total. The first-order chi connectivity index (χ1) is 9.56. The number of carbonyl (C=O) groups excluding carboxylic acids is 1. The molecule has 7 heteroatoms. The monoisotopic (exact) mass is 354 g/mol. The van der Waals surface area contributed by atoms with Crippen molar-refractivity contribution in [3.8, 4) is 0 Å². The fourth-order valence-electron chi connectivity index (χ4n) is 1.79. The number of hydrogen-bond donors (Lipinski definition) is 2. The molecule has 21 heavy (non-hydrogen) atoms. The molecule has 0 aromatic heterocycles. The zero-order valence-electron chi connectivity index (χ0n) is 12.1. The van der Waals surface area contributed by atoms with Crippen molar-refractivity contribution in [1.29, 1.82) is 0 Å². The van der Waals surface area contributed by atoms with Gasteiger partial charge in [-0.25, -0.2) is 0 Å². The van der Waals surface area contributed by atoms with Gasteiger partial charge >= 0.3 is 0 Å². The Morgan fingerprint density at radius 2 is 1.95 bits per heavy atom. The molecule has 0 aliphatic rings. The van der Waals surface area contributed by atoms with E-state index in [1.807, 2.05) is 6.92 Å². The van der Waals surface area contributed by atoms with Crippen molar-refractivity contribution in [3.63, 3.8) is 0 Å². The highest BCUT2D eigenvalue weighted by atomic mass is 35.5. The molecule has 0 saturated carbocycles. The molecule has 0 saturated heterocycles. The number of hydrogen-bond acceptors (Lipinski definition) is 3. The average molecular weight is 356 g/mol. The Balaban J connectivity index is 0.00000400. The largest absolute Gasteiger partial charge is 0.383 e. The lowest BCUT2D eigenvalue weighted by Crippen LogP contribution is -2.36. The van der Waals surface area contributed by atoms with Gasteiger partial charge in [0.2, 0.25) is 5.91 Å². The summed E-state index contributed by atoms with van der Waals surface area (Å²) in [5, 5.41) is 7.08. The van der Waals surface area contributed by atoms with Gasteiger partial charge in [-0.2, -0.15) is 0 Å². The van der Waals surface area contributed by atoms with E-state index < -0.39 is 0 Å². The van der Waals surface area contributed by atoms with Crippen LogP contribution in [0.2, 0.25) is 10.0 Å². The number of rotatable bonds is 8. The summed E-state index contributed by atoms with van der Waals surface area (Å²) in [7, 11) is 1.62. The van der Waals surface area contributed by atoms with Crippen LogP contribution in [0.15, 0.2) is 18.2 Å². The lowest BCUT2D eigenvalue weighted by molar-refractivity contribution is -0.120. The molecule has 0 radical (unpaired) electrons. The van der Waals surface area contributed by atoms with E-state index in [9.17, 15) is 4.79 Å². The van der Waals surface area contributed by atoms with Crippen molar-refractivity contribution < 1.29 is 9.53 Å². The van der Waals surface area contributed by atoms with Gasteiger partial charge in [0.25, 0.3) is 0 Å². The van der Waals surface area contributed by atoms with Crippen molar-refractivity contribution in [2.24, 2.45) is 0 Å². The molecular weight excluding hydrogens is 335 g/mol. The predicted molar refractivity (Wildman–Crippen MR) is 89.9 cm³/mol. The number of carbonyl (C=O) groups is 1. The first-order valence-corrected chi connectivity index (χ1v) is 7.22. The number of halogens is 3. The molecule has 0 aliphatic carbocycles. The first kappa shape index (κ1) is 20.5. The fourth-order valence-corrected chi connectivity index (χ4v) is 2.56. The van der Waals surface area contributed by atoms with E-state index in [1.165, 1.54) is 0 Å². The minimum absolute atomic E-state index is 0. The third-order valence-electron chi connectivity index (χ3n) is 2.87. The van der Waals surface area contributed by atoms with Gasteiger partial charge in [0.05, 0.1) is 13.2 Å². The minimum atomic E-state index is -0.0591. The maximum atomic E-state index is 11.6. The highest BCUT2D eigenvalue weighted by Crippen LogP contribution is 2.30. The Kier molecular flexibility index (Phi) is 10.8. The van der Waals surface area contributed by atoms with Crippen LogP contribution in [0.4, 0.5) is 0 Å². The summed E-state index contributed by atoms with van der Waals surface area (Å²) in [5.41, 5.74) is 0.864. The highest BCUT2D eigenvalue weighted by molar-refractivity contribution is 6.36. The number of methoxy groups -OCH3 is 1. The van der Waals surface area contributed by atoms with E-state index in [0.29, 0.717) is 29.7 Å². The van der Waals surface area contributed by atoms with Gasteiger partial charge < -0.3 is 15.4 Å². The normalized spacial score (nSPS) is 11.6. The van der Waals surface area contributed by atoms with Gasteiger partial charge in [-0.1, -0.05) is 36.2 Å². The number of ether oxygens (including phenoxy) is 1. The standard InChI is InChI=1S/C14H20Cl2N2O2.ClH/c1-10(14-11(15)4-3-5-12(14)16)8-18-13(19)9-17-6-7-20-2;/h3-5,10,17H,6-9H2,1-2H3,(H,18,19);1H. The van der Waals surface area contributed by atoms with E-state index in [4.69, 9.17) is 27.9 Å². The maximum absolute atomic E-state index is 11.6. The zero-order chi connectivity index (χ0) is 15.0. The lowest BCUT2D eigenvalue weighted by atomic mass is 10.0. The van der Waals surface area contributed by atoms with Gasteiger partial charge in [-0.15, -0.1) is 12.4 Å². The molecule has 0 heterocycles. The predicted octanol–water partition coefficient (Wildman–Crippen LogP) is 2.87. The van der Waals surface area contributed by atoms with E-state index in [1.54, 1.807) is 25.3 Å². The molecule has 1 atom stereocenters. The molecule has 1 aromatic rings. The summed E-state index contributed by atoms with van der Waals surface area (Å²) in [5.74, 6) is -0.00439. The van der Waals surface area contributed by atoms with Crippen LogP contribution in [-0.2, 0) is 9.53 Å². The van der Waals surface area contributed by atoms with Crippen LogP contribution in [-0.4, -0.2) is 39.3 Å². The van der Waals surface area contributed by atoms with Crippen LogP contribution < -0.4 is 10.6 Å². The Bertz CT molecular complexity index is 424. The summed E-state index contributed by atoms with van der Waals surface area (Å²) in [6.07, 6.45) is 0. The second kappa shape index (κ2) is 11.1. The molecule has 1 rings (SSSR count). The topological polar surface area (TPSA) is 50.4 Å². The van der Waals surface area contributed by atoms with Crippen LogP contribution in [0.25, 0.3) is 0 Å². The summed E-state index contributed by atoms with van der Waals surface area (Å²) in [6, 6.07) is 5.40. The molecule has 1 aromatic carbocycles. The highest BCUT2D eigenvalue weighted by Gasteiger charge is 2.14. The average Bonchev–Trinajstić information content (AvgIpc) is 2.41. The van der Waals surface area contributed by atoms with E-state index in [0.717, 1.165) is 5.56 Å². The second-order valence-corrected chi connectivity index (χ2v) is 5.32. The van der Waals surface area contributed by atoms with Crippen molar-refractivity contribution in [1.82, 2.24) is 10.6 Å². The number of amides is 1. The Hall–Kier alpha value is -0.520. The van der Waals surface area contributed by atoms with Crippen LogP contribution in [0.1, 0.15) is 18.4 Å². The quantitative estimate of drug-likeness (QED) is 0.705. The molecule has 0 fully saturated rings. The summed E-state index contributed by atoms with van der Waals surface area (Å²) < 4.78 is 4.88. The van der Waals surface area contributed by atoms with Crippen molar-refractivity contribution in [2.45, 2.75) is 12.8 Å². The Labute approximate surface area is 141 Å². The third kappa shape index (κ3) is 7.34. The molecule has 2 N–H and O–H groups in total. The Morgan fingerprint density at radius 1 is 1.33 bits per heavy atom. The minimum Gasteiger partial charge on any atom is -0.383 e. The van der Waals surface area contributed by atoms with Crippen molar-refractivity contribution >= 4 is 41.5 Å². The fraction of sp³-hybridized carbons (Fsp3) is 0.500. The van der Waals surface area contributed by atoms with E-state index in [2.05, 4.69) is 10.6 Å². The SMILES string of the molecule is COCCNCC(=O)NCC(C)c1c(Cl)cccc1Cl.Cl. The van der Waals surface area contributed by atoms with Gasteiger partial charge in [-0.05, 0) is 17.7 Å². The smallest absolute Gasteiger partial charge is 0.233 e. The molecule has 0 spiro atoms. The third-order valence-corrected chi connectivity index (χ3v) is 3.53. The van der Waals surface area contributed by atoms with E-state index >= 15 is 0 Å². The molecule has 0 bridgehead atoms. The summed E-state index contributed by atoms with van der Waals surface area (Å²) in [4.78, 5) is 11.6. The van der Waals surface area contributed by atoms with Crippen LogP contribution in [0, 0.1) is 0 Å².